The number of hydrogen-bond acceptors (Lipinski definition) is 3. The summed E-state index contributed by atoms with van der Waals surface area (Å²) in [7, 11) is 0. The van der Waals surface area contributed by atoms with E-state index in [4.69, 9.17) is 0 Å². The number of carbonyl (C=O) groups excluding carboxylic acids is 1. The summed E-state index contributed by atoms with van der Waals surface area (Å²) < 4.78 is 0. The number of amides is 1. The molecule has 0 radical (unpaired) electrons. The minimum absolute atomic E-state index is 0.0451. The second kappa shape index (κ2) is 6.80. The summed E-state index contributed by atoms with van der Waals surface area (Å²) in [5.74, 6) is 1.42. The van der Waals surface area contributed by atoms with Gasteiger partial charge in [0.25, 0.3) is 0 Å². The van der Waals surface area contributed by atoms with Crippen molar-refractivity contribution >= 4 is 17.7 Å². The van der Waals surface area contributed by atoms with Gasteiger partial charge < -0.3 is 5.32 Å². The van der Waals surface area contributed by atoms with E-state index in [1.165, 1.54) is 37.9 Å². The molecule has 1 saturated carbocycles. The van der Waals surface area contributed by atoms with Gasteiger partial charge in [0.05, 0.1) is 6.04 Å². The molecule has 0 aromatic carbocycles. The number of rotatable bonds is 5. The first-order chi connectivity index (χ1) is 8.70. The SMILES string of the molecule is CCS[C@@H]1CCCCN([C@H](C)C(=O)NC2CC2)C1. The summed E-state index contributed by atoms with van der Waals surface area (Å²) in [6, 6.07) is 0.524. The molecule has 1 amide bonds. The van der Waals surface area contributed by atoms with Gasteiger partial charge in [-0.3, -0.25) is 9.69 Å². The van der Waals surface area contributed by atoms with Crippen LogP contribution in [0.25, 0.3) is 0 Å². The van der Waals surface area contributed by atoms with Gasteiger partial charge in [0.1, 0.15) is 0 Å². The first kappa shape index (κ1) is 14.2. The molecule has 1 heterocycles. The van der Waals surface area contributed by atoms with Gasteiger partial charge in [-0.2, -0.15) is 11.8 Å². The summed E-state index contributed by atoms with van der Waals surface area (Å²) in [6.07, 6.45) is 6.21. The summed E-state index contributed by atoms with van der Waals surface area (Å²) in [4.78, 5) is 14.5. The molecular weight excluding hydrogens is 244 g/mol. The van der Waals surface area contributed by atoms with Crippen molar-refractivity contribution in [2.45, 2.75) is 63.3 Å². The lowest BCUT2D eigenvalue weighted by molar-refractivity contribution is -0.126. The minimum atomic E-state index is 0.0451. The molecule has 1 N–H and O–H groups in total. The van der Waals surface area contributed by atoms with Gasteiger partial charge in [0.2, 0.25) is 5.91 Å². The minimum Gasteiger partial charge on any atom is -0.352 e. The zero-order valence-corrected chi connectivity index (χ0v) is 12.5. The summed E-state index contributed by atoms with van der Waals surface area (Å²) in [5, 5.41) is 3.85. The lowest BCUT2D eigenvalue weighted by Gasteiger charge is -2.29. The van der Waals surface area contributed by atoms with Crippen LogP contribution >= 0.6 is 11.8 Å². The van der Waals surface area contributed by atoms with E-state index in [9.17, 15) is 4.79 Å². The van der Waals surface area contributed by atoms with Crippen LogP contribution < -0.4 is 5.32 Å². The van der Waals surface area contributed by atoms with Gasteiger partial charge in [-0.1, -0.05) is 13.3 Å². The molecule has 1 aliphatic carbocycles. The van der Waals surface area contributed by atoms with Crippen LogP contribution in [-0.2, 0) is 4.79 Å². The summed E-state index contributed by atoms with van der Waals surface area (Å²) in [6.45, 7) is 6.46. The van der Waals surface area contributed by atoms with E-state index < -0.39 is 0 Å². The molecule has 2 fully saturated rings. The number of nitrogens with one attached hydrogen (secondary N) is 1. The number of likely N-dealkylation sites (tertiary alicyclic amines) is 1. The summed E-state index contributed by atoms with van der Waals surface area (Å²) in [5.41, 5.74) is 0. The van der Waals surface area contributed by atoms with Crippen molar-refractivity contribution in [3.63, 3.8) is 0 Å². The Hall–Kier alpha value is -0.220. The van der Waals surface area contributed by atoms with Crippen molar-refractivity contribution in [2.75, 3.05) is 18.8 Å². The van der Waals surface area contributed by atoms with Crippen LogP contribution in [0.3, 0.4) is 0 Å². The van der Waals surface area contributed by atoms with Crippen LogP contribution in [0.1, 0.15) is 46.0 Å². The molecule has 0 aromatic rings. The first-order valence-corrected chi connectivity index (χ1v) is 8.41. The number of thioether (sulfide) groups is 1. The predicted octanol–water partition coefficient (Wildman–Crippen LogP) is 2.26. The van der Waals surface area contributed by atoms with E-state index in [-0.39, 0.29) is 11.9 Å². The maximum absolute atomic E-state index is 12.1. The van der Waals surface area contributed by atoms with E-state index in [0.29, 0.717) is 11.3 Å². The Balaban J connectivity index is 1.85. The fraction of sp³-hybridized carbons (Fsp3) is 0.929. The molecule has 3 nitrogen and oxygen atoms in total. The highest BCUT2D eigenvalue weighted by Gasteiger charge is 2.30. The molecule has 0 bridgehead atoms. The van der Waals surface area contributed by atoms with Crippen LogP contribution in [0.2, 0.25) is 0 Å². The van der Waals surface area contributed by atoms with Gasteiger partial charge in [-0.25, -0.2) is 0 Å². The Morgan fingerprint density at radius 3 is 2.83 bits per heavy atom. The van der Waals surface area contributed by atoms with Crippen molar-refractivity contribution in [1.82, 2.24) is 10.2 Å². The highest BCUT2D eigenvalue weighted by atomic mass is 32.2. The monoisotopic (exact) mass is 270 g/mol. The average molecular weight is 270 g/mol. The Labute approximate surface area is 115 Å². The lowest BCUT2D eigenvalue weighted by Crippen LogP contribution is -2.47. The fourth-order valence-electron chi connectivity index (χ4n) is 2.57. The van der Waals surface area contributed by atoms with Gasteiger partial charge in [-0.15, -0.1) is 0 Å². The van der Waals surface area contributed by atoms with E-state index in [1.807, 2.05) is 0 Å². The zero-order chi connectivity index (χ0) is 13.0. The maximum atomic E-state index is 12.1. The van der Waals surface area contributed by atoms with E-state index >= 15 is 0 Å². The number of nitrogens with zero attached hydrogens (tertiary/aromatic N) is 1. The van der Waals surface area contributed by atoms with Crippen LogP contribution in [0.5, 0.6) is 0 Å². The zero-order valence-electron chi connectivity index (χ0n) is 11.7. The molecule has 0 unspecified atom stereocenters. The molecule has 1 aliphatic heterocycles. The predicted molar refractivity (Wildman–Crippen MR) is 78.0 cm³/mol. The largest absolute Gasteiger partial charge is 0.352 e. The fourth-order valence-corrected chi connectivity index (χ4v) is 3.67. The Bertz CT molecular complexity index is 281. The molecule has 2 atom stereocenters. The molecule has 2 aliphatic rings. The highest BCUT2D eigenvalue weighted by Crippen LogP contribution is 2.24. The van der Waals surface area contributed by atoms with Crippen molar-refractivity contribution in [3.05, 3.63) is 0 Å². The molecular formula is C14H26N2OS. The molecule has 104 valence electrons. The standard InChI is InChI=1S/C14H26N2OS/c1-3-18-13-6-4-5-9-16(10-13)11(2)14(17)15-12-7-8-12/h11-13H,3-10H2,1-2H3,(H,15,17)/t11-,13-/m1/s1. The normalized spacial score (nSPS) is 27.6. The molecule has 1 saturated heterocycles. The first-order valence-electron chi connectivity index (χ1n) is 7.36. The molecule has 0 aromatic heterocycles. The quantitative estimate of drug-likeness (QED) is 0.832. The number of carbonyl (C=O) groups is 1. The van der Waals surface area contributed by atoms with Crippen molar-refractivity contribution in [1.29, 1.82) is 0 Å². The highest BCUT2D eigenvalue weighted by molar-refractivity contribution is 7.99. The smallest absolute Gasteiger partial charge is 0.237 e. The van der Waals surface area contributed by atoms with Gasteiger partial charge >= 0.3 is 0 Å². The number of hydrogen-bond donors (Lipinski definition) is 1. The third-order valence-electron chi connectivity index (χ3n) is 3.91. The third-order valence-corrected chi connectivity index (χ3v) is 5.10. The van der Waals surface area contributed by atoms with Crippen molar-refractivity contribution < 1.29 is 4.79 Å². The lowest BCUT2D eigenvalue weighted by atomic mass is 10.2. The third kappa shape index (κ3) is 4.16. The summed E-state index contributed by atoms with van der Waals surface area (Å²) >= 11 is 2.05. The molecule has 2 rings (SSSR count). The van der Waals surface area contributed by atoms with Crippen molar-refractivity contribution in [2.24, 2.45) is 0 Å². The topological polar surface area (TPSA) is 32.3 Å². The van der Waals surface area contributed by atoms with Crippen LogP contribution in [0.4, 0.5) is 0 Å². The van der Waals surface area contributed by atoms with Gasteiger partial charge in [0, 0.05) is 17.8 Å². The Kier molecular flexibility index (Phi) is 5.37. The van der Waals surface area contributed by atoms with Crippen LogP contribution in [-0.4, -0.2) is 47.0 Å². The van der Waals surface area contributed by atoms with Crippen LogP contribution in [0.15, 0.2) is 0 Å². The second-order valence-electron chi connectivity index (χ2n) is 5.53. The van der Waals surface area contributed by atoms with E-state index in [2.05, 4.69) is 35.8 Å². The second-order valence-corrected chi connectivity index (χ2v) is 7.10. The van der Waals surface area contributed by atoms with Crippen LogP contribution in [0, 0.1) is 0 Å². The molecule has 4 heteroatoms. The average Bonchev–Trinajstić information content (AvgIpc) is 3.16. The van der Waals surface area contributed by atoms with Gasteiger partial charge in [-0.05, 0) is 44.9 Å². The van der Waals surface area contributed by atoms with Gasteiger partial charge in [0.15, 0.2) is 0 Å². The van der Waals surface area contributed by atoms with E-state index in [0.717, 1.165) is 13.1 Å². The molecule has 0 spiro atoms. The molecule has 18 heavy (non-hydrogen) atoms. The Morgan fingerprint density at radius 2 is 2.17 bits per heavy atom. The van der Waals surface area contributed by atoms with Crippen molar-refractivity contribution in [3.8, 4) is 0 Å². The maximum Gasteiger partial charge on any atom is 0.237 e. The van der Waals surface area contributed by atoms with E-state index in [1.54, 1.807) is 0 Å². The Morgan fingerprint density at radius 1 is 1.39 bits per heavy atom.